The van der Waals surface area contributed by atoms with E-state index in [-0.39, 0.29) is 17.6 Å². The molecule has 1 aliphatic rings. The lowest BCUT2D eigenvalue weighted by Crippen LogP contribution is -2.37. The molecule has 4 heteroatoms. The van der Waals surface area contributed by atoms with Crippen molar-refractivity contribution < 1.29 is 4.79 Å². The molecule has 2 aromatic rings. The van der Waals surface area contributed by atoms with Gasteiger partial charge in [-0.05, 0) is 49.2 Å². The second-order valence-electron chi connectivity index (χ2n) is 7.56. The summed E-state index contributed by atoms with van der Waals surface area (Å²) in [5, 5.41) is 1.02. The first kappa shape index (κ1) is 20.4. The maximum absolute atomic E-state index is 13.1. The minimum Gasteiger partial charge on any atom is -0.303 e. The SMILES string of the molecule is CC(C(=O)Cc1ccc(Cl)c(Cl)c1)[C@@H](CN1CCCCC1)c1ccccc1. The molecule has 0 amide bonds. The molecule has 3 rings (SSSR count). The van der Waals surface area contributed by atoms with Crippen molar-refractivity contribution in [2.24, 2.45) is 5.92 Å². The van der Waals surface area contributed by atoms with Gasteiger partial charge in [0.25, 0.3) is 0 Å². The van der Waals surface area contributed by atoms with Crippen molar-refractivity contribution in [3.05, 3.63) is 69.7 Å². The summed E-state index contributed by atoms with van der Waals surface area (Å²) in [5.41, 5.74) is 2.17. The summed E-state index contributed by atoms with van der Waals surface area (Å²) >= 11 is 12.1. The normalized spacial score (nSPS) is 17.4. The molecule has 1 unspecified atom stereocenters. The minimum absolute atomic E-state index is 0.0521. The van der Waals surface area contributed by atoms with Crippen LogP contribution in [-0.4, -0.2) is 30.3 Å². The van der Waals surface area contributed by atoms with E-state index in [1.807, 2.05) is 12.1 Å². The number of halogens is 2. The van der Waals surface area contributed by atoms with Gasteiger partial charge in [-0.3, -0.25) is 4.79 Å². The lowest BCUT2D eigenvalue weighted by atomic mass is 9.82. The Hall–Kier alpha value is -1.35. The van der Waals surface area contributed by atoms with E-state index in [2.05, 4.69) is 36.1 Å². The van der Waals surface area contributed by atoms with Crippen LogP contribution in [0.25, 0.3) is 0 Å². The summed E-state index contributed by atoms with van der Waals surface area (Å²) in [6, 6.07) is 15.9. The summed E-state index contributed by atoms with van der Waals surface area (Å²) in [4.78, 5) is 15.6. The second-order valence-corrected chi connectivity index (χ2v) is 8.37. The fourth-order valence-electron chi connectivity index (χ4n) is 3.91. The van der Waals surface area contributed by atoms with Crippen LogP contribution in [0.2, 0.25) is 10.0 Å². The van der Waals surface area contributed by atoms with E-state index < -0.39 is 0 Å². The Morgan fingerprint density at radius 2 is 1.70 bits per heavy atom. The minimum atomic E-state index is -0.0521. The molecule has 0 N–H and O–H groups in total. The van der Waals surface area contributed by atoms with Crippen LogP contribution in [0, 0.1) is 5.92 Å². The number of ketones is 1. The smallest absolute Gasteiger partial charge is 0.140 e. The molecule has 2 atom stereocenters. The highest BCUT2D eigenvalue weighted by Gasteiger charge is 2.28. The highest BCUT2D eigenvalue weighted by molar-refractivity contribution is 6.42. The van der Waals surface area contributed by atoms with E-state index >= 15 is 0 Å². The summed E-state index contributed by atoms with van der Waals surface area (Å²) in [5.74, 6) is 0.405. The zero-order valence-corrected chi connectivity index (χ0v) is 17.3. The van der Waals surface area contributed by atoms with Gasteiger partial charge in [0, 0.05) is 24.8 Å². The standard InChI is InChI=1S/C23H27Cl2NO/c1-17(23(27)15-18-10-11-21(24)22(25)14-18)20(19-8-4-2-5-9-19)16-26-12-6-3-7-13-26/h2,4-5,8-11,14,17,20H,3,6-7,12-13,15-16H2,1H3/t17?,20-/m1/s1. The summed E-state index contributed by atoms with van der Waals surface area (Å²) in [6.07, 6.45) is 4.22. The molecule has 2 nitrogen and oxygen atoms in total. The molecular formula is C23H27Cl2NO. The van der Waals surface area contributed by atoms with Crippen LogP contribution in [0.5, 0.6) is 0 Å². The fraction of sp³-hybridized carbons (Fsp3) is 0.435. The molecule has 0 bridgehead atoms. The molecule has 0 spiro atoms. The molecule has 0 saturated carbocycles. The van der Waals surface area contributed by atoms with Crippen molar-refractivity contribution in [3.63, 3.8) is 0 Å². The summed E-state index contributed by atoms with van der Waals surface area (Å²) < 4.78 is 0. The van der Waals surface area contributed by atoms with E-state index in [4.69, 9.17) is 23.2 Å². The Bertz CT molecular complexity index is 756. The first-order valence-corrected chi connectivity index (χ1v) is 10.5. The first-order valence-electron chi connectivity index (χ1n) is 9.78. The van der Waals surface area contributed by atoms with Gasteiger partial charge in [0.2, 0.25) is 0 Å². The van der Waals surface area contributed by atoms with E-state index in [0.717, 1.165) is 25.2 Å². The topological polar surface area (TPSA) is 20.3 Å². The number of Topliss-reactive ketones (excluding diaryl/α,β-unsaturated/α-hetero) is 1. The molecule has 1 heterocycles. The van der Waals surface area contributed by atoms with Gasteiger partial charge in [0.15, 0.2) is 0 Å². The fourth-order valence-corrected chi connectivity index (χ4v) is 4.23. The molecule has 0 aromatic heterocycles. The van der Waals surface area contributed by atoms with Crippen LogP contribution in [-0.2, 0) is 11.2 Å². The van der Waals surface area contributed by atoms with Gasteiger partial charge in [-0.1, -0.05) is 72.9 Å². The second kappa shape index (κ2) is 9.73. The molecule has 27 heavy (non-hydrogen) atoms. The molecule has 1 aliphatic heterocycles. The van der Waals surface area contributed by atoms with Gasteiger partial charge in [0.1, 0.15) is 5.78 Å². The third kappa shape index (κ3) is 5.57. The summed E-state index contributed by atoms with van der Waals surface area (Å²) in [7, 11) is 0. The number of nitrogens with zero attached hydrogens (tertiary/aromatic N) is 1. The Balaban J connectivity index is 1.75. The van der Waals surface area contributed by atoms with E-state index in [9.17, 15) is 4.79 Å². The number of piperidine rings is 1. The number of carbonyl (C=O) groups excluding carboxylic acids is 1. The van der Waals surface area contributed by atoms with Crippen molar-refractivity contribution in [1.82, 2.24) is 4.90 Å². The number of carbonyl (C=O) groups is 1. The highest BCUT2D eigenvalue weighted by Crippen LogP contribution is 2.29. The third-order valence-corrected chi connectivity index (χ3v) is 6.34. The lowest BCUT2D eigenvalue weighted by molar-refractivity contribution is -0.122. The zero-order chi connectivity index (χ0) is 19.2. The van der Waals surface area contributed by atoms with Crippen LogP contribution in [0.15, 0.2) is 48.5 Å². The average molecular weight is 404 g/mol. The quantitative estimate of drug-likeness (QED) is 0.563. The molecular weight excluding hydrogens is 377 g/mol. The molecule has 1 fully saturated rings. The van der Waals surface area contributed by atoms with Crippen molar-refractivity contribution in [1.29, 1.82) is 0 Å². The number of hydrogen-bond donors (Lipinski definition) is 0. The van der Waals surface area contributed by atoms with Gasteiger partial charge in [0.05, 0.1) is 10.0 Å². The zero-order valence-electron chi connectivity index (χ0n) is 15.8. The third-order valence-electron chi connectivity index (χ3n) is 5.61. The van der Waals surface area contributed by atoms with Crippen LogP contribution < -0.4 is 0 Å². The molecule has 0 radical (unpaired) electrons. The van der Waals surface area contributed by atoms with Crippen LogP contribution in [0.3, 0.4) is 0 Å². The van der Waals surface area contributed by atoms with Crippen molar-refractivity contribution in [2.75, 3.05) is 19.6 Å². The Kier molecular flexibility index (Phi) is 7.34. The molecule has 0 aliphatic carbocycles. The predicted molar refractivity (Wildman–Crippen MR) is 114 cm³/mol. The monoisotopic (exact) mass is 403 g/mol. The van der Waals surface area contributed by atoms with Crippen LogP contribution >= 0.6 is 23.2 Å². The van der Waals surface area contributed by atoms with Gasteiger partial charge < -0.3 is 4.90 Å². The number of rotatable bonds is 7. The van der Waals surface area contributed by atoms with Crippen molar-refractivity contribution in [2.45, 2.75) is 38.5 Å². The molecule has 144 valence electrons. The predicted octanol–water partition coefficient (Wildman–Crippen LogP) is 6.01. The number of likely N-dealkylation sites (tertiary alicyclic amines) is 1. The van der Waals surface area contributed by atoms with Gasteiger partial charge in [-0.15, -0.1) is 0 Å². The Morgan fingerprint density at radius 1 is 1.00 bits per heavy atom. The maximum Gasteiger partial charge on any atom is 0.140 e. The lowest BCUT2D eigenvalue weighted by Gasteiger charge is -2.33. The van der Waals surface area contributed by atoms with Crippen molar-refractivity contribution in [3.8, 4) is 0 Å². The Morgan fingerprint density at radius 3 is 2.37 bits per heavy atom. The highest BCUT2D eigenvalue weighted by atomic mass is 35.5. The van der Waals surface area contributed by atoms with E-state index in [1.54, 1.807) is 12.1 Å². The largest absolute Gasteiger partial charge is 0.303 e. The number of benzene rings is 2. The van der Waals surface area contributed by atoms with Crippen molar-refractivity contribution >= 4 is 29.0 Å². The number of hydrogen-bond acceptors (Lipinski definition) is 2. The average Bonchev–Trinajstić information content (AvgIpc) is 2.70. The molecule has 1 saturated heterocycles. The van der Waals surface area contributed by atoms with Crippen LogP contribution in [0.4, 0.5) is 0 Å². The van der Waals surface area contributed by atoms with Gasteiger partial charge >= 0.3 is 0 Å². The van der Waals surface area contributed by atoms with Crippen LogP contribution in [0.1, 0.15) is 43.2 Å². The Labute approximate surface area is 172 Å². The molecule has 2 aromatic carbocycles. The maximum atomic E-state index is 13.1. The van der Waals surface area contributed by atoms with Gasteiger partial charge in [-0.25, -0.2) is 0 Å². The van der Waals surface area contributed by atoms with E-state index in [0.29, 0.717) is 16.5 Å². The first-order chi connectivity index (χ1) is 13.0. The van der Waals surface area contributed by atoms with E-state index in [1.165, 1.54) is 24.8 Å². The summed E-state index contributed by atoms with van der Waals surface area (Å²) in [6.45, 7) is 5.29. The van der Waals surface area contributed by atoms with Gasteiger partial charge in [-0.2, -0.15) is 0 Å².